The van der Waals surface area contributed by atoms with E-state index in [1.807, 2.05) is 20.0 Å². The van der Waals surface area contributed by atoms with Crippen molar-refractivity contribution in [2.45, 2.75) is 45.6 Å². The van der Waals surface area contributed by atoms with Gasteiger partial charge in [-0.2, -0.15) is 5.10 Å². The second-order valence-electron chi connectivity index (χ2n) is 7.06. The molecule has 3 aromatic heterocycles. The molecule has 4 rings (SSSR count). The highest BCUT2D eigenvalue weighted by atomic mass is 32.1. The third-order valence-electron chi connectivity index (χ3n) is 4.69. The molecule has 1 fully saturated rings. The fourth-order valence-electron chi connectivity index (χ4n) is 3.29. The lowest BCUT2D eigenvalue weighted by Crippen LogP contribution is -2.14. The standard InChI is InChI=1S/C18H22N6O2S/c1-9(2)12-8-11(14-10(3)23-24(4)15(14)19-12)16(25)20-18-22-21-17(27-18)13-6-5-7-26-13/h8-9,13H,5-7H2,1-4H3,(H,20,22,25)/t13-/m1/s1. The van der Waals surface area contributed by atoms with Gasteiger partial charge in [0.2, 0.25) is 5.13 Å². The molecular weight excluding hydrogens is 364 g/mol. The van der Waals surface area contributed by atoms with Crippen molar-refractivity contribution >= 4 is 33.4 Å². The van der Waals surface area contributed by atoms with E-state index in [0.29, 0.717) is 16.3 Å². The summed E-state index contributed by atoms with van der Waals surface area (Å²) < 4.78 is 7.35. The third-order valence-corrected chi connectivity index (χ3v) is 5.62. The van der Waals surface area contributed by atoms with Gasteiger partial charge in [0.1, 0.15) is 11.1 Å². The molecule has 1 saturated heterocycles. The number of rotatable bonds is 4. The highest BCUT2D eigenvalue weighted by Crippen LogP contribution is 2.32. The fourth-order valence-corrected chi connectivity index (χ4v) is 4.11. The van der Waals surface area contributed by atoms with Crippen LogP contribution in [-0.2, 0) is 11.8 Å². The van der Waals surface area contributed by atoms with Gasteiger partial charge >= 0.3 is 0 Å². The Morgan fingerprint density at radius 3 is 2.93 bits per heavy atom. The largest absolute Gasteiger partial charge is 0.371 e. The van der Waals surface area contributed by atoms with Crippen LogP contribution in [0.15, 0.2) is 6.07 Å². The Kier molecular flexibility index (Phi) is 4.65. The van der Waals surface area contributed by atoms with Gasteiger partial charge in [-0.05, 0) is 31.7 Å². The summed E-state index contributed by atoms with van der Waals surface area (Å²) in [6.07, 6.45) is 1.97. The molecule has 1 aliphatic rings. The lowest BCUT2D eigenvalue weighted by atomic mass is 10.0. The normalized spacial score (nSPS) is 17.1. The molecule has 1 N–H and O–H groups in total. The van der Waals surface area contributed by atoms with Gasteiger partial charge in [0.25, 0.3) is 5.91 Å². The first-order valence-corrected chi connectivity index (χ1v) is 9.86. The van der Waals surface area contributed by atoms with Crippen molar-refractivity contribution in [3.05, 3.63) is 28.0 Å². The van der Waals surface area contributed by atoms with Crippen molar-refractivity contribution < 1.29 is 9.53 Å². The van der Waals surface area contributed by atoms with E-state index in [9.17, 15) is 4.79 Å². The fraction of sp³-hybridized carbons (Fsp3) is 0.500. The molecule has 0 spiro atoms. The van der Waals surface area contributed by atoms with Crippen LogP contribution in [0.1, 0.15) is 65.5 Å². The van der Waals surface area contributed by atoms with Crippen LogP contribution in [0.4, 0.5) is 5.13 Å². The van der Waals surface area contributed by atoms with Crippen LogP contribution < -0.4 is 5.32 Å². The minimum absolute atomic E-state index is 0.00565. The molecule has 4 heterocycles. The van der Waals surface area contributed by atoms with Gasteiger partial charge in [-0.1, -0.05) is 25.2 Å². The van der Waals surface area contributed by atoms with Crippen LogP contribution in [0.25, 0.3) is 11.0 Å². The molecule has 1 aliphatic heterocycles. The average molecular weight is 386 g/mol. The van der Waals surface area contributed by atoms with Crippen LogP contribution in [0, 0.1) is 6.92 Å². The van der Waals surface area contributed by atoms with Crippen LogP contribution in [0.5, 0.6) is 0 Å². The lowest BCUT2D eigenvalue weighted by molar-refractivity contribution is 0.102. The van der Waals surface area contributed by atoms with Gasteiger partial charge < -0.3 is 4.74 Å². The molecule has 0 aromatic carbocycles. The Balaban J connectivity index is 1.68. The van der Waals surface area contributed by atoms with Crippen LogP contribution in [0.3, 0.4) is 0 Å². The first-order valence-electron chi connectivity index (χ1n) is 9.04. The maximum Gasteiger partial charge on any atom is 0.258 e. The molecule has 142 valence electrons. The molecule has 1 amide bonds. The number of aryl methyl sites for hydroxylation is 2. The Labute approximate surface area is 161 Å². The van der Waals surface area contributed by atoms with Crippen LogP contribution in [-0.4, -0.2) is 37.5 Å². The summed E-state index contributed by atoms with van der Waals surface area (Å²) in [6, 6.07) is 1.85. The number of nitrogens with zero attached hydrogens (tertiary/aromatic N) is 5. The topological polar surface area (TPSA) is 94.8 Å². The summed E-state index contributed by atoms with van der Waals surface area (Å²) in [5.74, 6) is -0.0285. The van der Waals surface area contributed by atoms with Crippen molar-refractivity contribution in [3.8, 4) is 0 Å². The van der Waals surface area contributed by atoms with Gasteiger partial charge in [0.15, 0.2) is 5.65 Å². The molecular formula is C18H22N6O2S. The summed E-state index contributed by atoms with van der Waals surface area (Å²) in [6.45, 7) is 6.74. The molecule has 0 bridgehead atoms. The first kappa shape index (κ1) is 18.0. The summed E-state index contributed by atoms with van der Waals surface area (Å²) in [5.41, 5.74) is 2.90. The highest BCUT2D eigenvalue weighted by molar-refractivity contribution is 7.15. The monoisotopic (exact) mass is 386 g/mol. The maximum absolute atomic E-state index is 13.0. The summed E-state index contributed by atoms with van der Waals surface area (Å²) in [4.78, 5) is 17.7. The van der Waals surface area contributed by atoms with E-state index in [0.717, 1.165) is 41.2 Å². The third kappa shape index (κ3) is 3.32. The minimum atomic E-state index is -0.226. The Bertz CT molecular complexity index is 1000. The summed E-state index contributed by atoms with van der Waals surface area (Å²) >= 11 is 1.36. The summed E-state index contributed by atoms with van der Waals surface area (Å²) in [5, 5.41) is 17.6. The SMILES string of the molecule is Cc1nn(C)c2nc(C(C)C)cc(C(=O)Nc3nnc([C@H]4CCCO4)s3)c12. The van der Waals surface area contributed by atoms with Crippen molar-refractivity contribution in [3.63, 3.8) is 0 Å². The average Bonchev–Trinajstić information content (AvgIpc) is 3.35. The first-order chi connectivity index (χ1) is 12.9. The van der Waals surface area contributed by atoms with Crippen molar-refractivity contribution in [2.75, 3.05) is 11.9 Å². The number of carbonyl (C=O) groups is 1. The highest BCUT2D eigenvalue weighted by Gasteiger charge is 2.24. The molecule has 3 aromatic rings. The van der Waals surface area contributed by atoms with Gasteiger partial charge in [-0.25, -0.2) is 4.98 Å². The Morgan fingerprint density at radius 2 is 2.22 bits per heavy atom. The second kappa shape index (κ2) is 6.97. The number of fused-ring (bicyclic) bond motifs is 1. The smallest absolute Gasteiger partial charge is 0.258 e. The molecule has 0 aliphatic carbocycles. The Hall–Kier alpha value is -2.39. The number of hydrogen-bond donors (Lipinski definition) is 1. The number of hydrogen-bond acceptors (Lipinski definition) is 7. The van der Waals surface area contributed by atoms with E-state index in [1.165, 1.54) is 11.3 Å². The van der Waals surface area contributed by atoms with E-state index in [2.05, 4.69) is 39.4 Å². The van der Waals surface area contributed by atoms with E-state index in [4.69, 9.17) is 4.74 Å². The number of pyridine rings is 1. The molecule has 27 heavy (non-hydrogen) atoms. The molecule has 9 heteroatoms. The van der Waals surface area contributed by atoms with Crippen molar-refractivity contribution in [1.82, 2.24) is 25.0 Å². The molecule has 0 saturated carbocycles. The maximum atomic E-state index is 13.0. The zero-order chi connectivity index (χ0) is 19.1. The van der Waals surface area contributed by atoms with Gasteiger partial charge in [-0.15, -0.1) is 10.2 Å². The summed E-state index contributed by atoms with van der Waals surface area (Å²) in [7, 11) is 1.84. The molecule has 0 radical (unpaired) electrons. The number of ether oxygens (including phenoxy) is 1. The number of carbonyl (C=O) groups excluding carboxylic acids is 1. The van der Waals surface area contributed by atoms with E-state index >= 15 is 0 Å². The number of anilines is 1. The quantitative estimate of drug-likeness (QED) is 0.739. The van der Waals surface area contributed by atoms with E-state index in [-0.39, 0.29) is 17.9 Å². The molecule has 8 nitrogen and oxygen atoms in total. The van der Waals surface area contributed by atoms with Gasteiger partial charge in [0.05, 0.1) is 16.6 Å². The predicted molar refractivity (Wildman–Crippen MR) is 103 cm³/mol. The van der Waals surface area contributed by atoms with Crippen molar-refractivity contribution in [1.29, 1.82) is 0 Å². The molecule has 1 atom stereocenters. The zero-order valence-corrected chi connectivity index (χ0v) is 16.6. The van der Waals surface area contributed by atoms with E-state index in [1.54, 1.807) is 4.68 Å². The van der Waals surface area contributed by atoms with E-state index < -0.39 is 0 Å². The zero-order valence-electron chi connectivity index (χ0n) is 15.8. The Morgan fingerprint density at radius 1 is 1.41 bits per heavy atom. The minimum Gasteiger partial charge on any atom is -0.371 e. The predicted octanol–water partition coefficient (Wildman–Crippen LogP) is 3.36. The van der Waals surface area contributed by atoms with Crippen LogP contribution >= 0.6 is 11.3 Å². The number of nitrogens with one attached hydrogen (secondary N) is 1. The second-order valence-corrected chi connectivity index (χ2v) is 8.07. The lowest BCUT2D eigenvalue weighted by Gasteiger charge is -2.09. The number of aromatic nitrogens is 5. The van der Waals surface area contributed by atoms with Crippen molar-refractivity contribution in [2.24, 2.45) is 7.05 Å². The van der Waals surface area contributed by atoms with Gasteiger partial charge in [0, 0.05) is 19.3 Å². The molecule has 0 unspecified atom stereocenters. The van der Waals surface area contributed by atoms with Gasteiger partial charge in [-0.3, -0.25) is 14.8 Å². The van der Waals surface area contributed by atoms with Crippen LogP contribution in [0.2, 0.25) is 0 Å². The number of amides is 1.